The number of ether oxygens (including phenoxy) is 1. The highest BCUT2D eigenvalue weighted by atomic mass is 16.5. The normalized spacial score (nSPS) is 10.1. The van der Waals surface area contributed by atoms with Crippen LogP contribution in [0.25, 0.3) is 0 Å². The number of urea groups is 1. The van der Waals surface area contributed by atoms with E-state index in [-0.39, 0.29) is 11.6 Å². The molecule has 1 aromatic carbocycles. The van der Waals surface area contributed by atoms with Crippen molar-refractivity contribution in [3.63, 3.8) is 0 Å². The molecule has 0 bridgehead atoms. The van der Waals surface area contributed by atoms with Crippen molar-refractivity contribution in [2.24, 2.45) is 0 Å². The molecule has 0 saturated carbocycles. The lowest BCUT2D eigenvalue weighted by atomic mass is 10.1. The Morgan fingerprint density at radius 3 is 2.75 bits per heavy atom. The lowest BCUT2D eigenvalue weighted by Crippen LogP contribution is -2.30. The van der Waals surface area contributed by atoms with Gasteiger partial charge in [-0.1, -0.05) is 6.07 Å². The average molecular weight is 280 g/mol. The number of anilines is 1. The van der Waals surface area contributed by atoms with E-state index < -0.39 is 5.97 Å². The lowest BCUT2D eigenvalue weighted by Gasteiger charge is -2.10. The van der Waals surface area contributed by atoms with Gasteiger partial charge in [0, 0.05) is 25.4 Å². The first-order valence-corrected chi connectivity index (χ1v) is 6.51. The van der Waals surface area contributed by atoms with E-state index in [1.807, 2.05) is 6.92 Å². The van der Waals surface area contributed by atoms with E-state index in [2.05, 4.69) is 10.6 Å². The van der Waals surface area contributed by atoms with Crippen molar-refractivity contribution in [1.82, 2.24) is 5.32 Å². The van der Waals surface area contributed by atoms with Gasteiger partial charge < -0.3 is 20.5 Å². The summed E-state index contributed by atoms with van der Waals surface area (Å²) in [5, 5.41) is 14.2. The Morgan fingerprint density at radius 1 is 1.35 bits per heavy atom. The molecular weight excluding hydrogens is 260 g/mol. The van der Waals surface area contributed by atoms with Gasteiger partial charge >= 0.3 is 12.0 Å². The summed E-state index contributed by atoms with van der Waals surface area (Å²) in [6.07, 6.45) is 0.732. The third-order valence-electron chi connectivity index (χ3n) is 2.69. The van der Waals surface area contributed by atoms with E-state index in [4.69, 9.17) is 9.84 Å². The molecule has 6 nitrogen and oxygen atoms in total. The SMILES string of the molecule is CCOCCCNC(=O)Nc1cc(C(=O)O)ccc1C. The number of carboxylic acid groups (broad SMARTS) is 1. The monoisotopic (exact) mass is 280 g/mol. The third kappa shape index (κ3) is 5.27. The van der Waals surface area contributed by atoms with Crippen molar-refractivity contribution in [1.29, 1.82) is 0 Å². The van der Waals surface area contributed by atoms with Crippen LogP contribution in [0, 0.1) is 6.92 Å². The van der Waals surface area contributed by atoms with E-state index in [0.717, 1.165) is 12.0 Å². The van der Waals surface area contributed by atoms with Crippen molar-refractivity contribution in [3.8, 4) is 0 Å². The van der Waals surface area contributed by atoms with Crippen LogP contribution in [0.2, 0.25) is 0 Å². The van der Waals surface area contributed by atoms with Crippen LogP contribution in [0.3, 0.4) is 0 Å². The van der Waals surface area contributed by atoms with Gasteiger partial charge in [0.1, 0.15) is 0 Å². The van der Waals surface area contributed by atoms with Crippen LogP contribution in [0.5, 0.6) is 0 Å². The number of nitrogens with one attached hydrogen (secondary N) is 2. The molecule has 0 aliphatic carbocycles. The minimum Gasteiger partial charge on any atom is -0.478 e. The number of carboxylic acids is 1. The Morgan fingerprint density at radius 2 is 2.10 bits per heavy atom. The lowest BCUT2D eigenvalue weighted by molar-refractivity contribution is 0.0697. The number of amides is 2. The number of carbonyl (C=O) groups is 2. The number of rotatable bonds is 7. The molecule has 0 heterocycles. The average Bonchev–Trinajstić information content (AvgIpc) is 2.40. The van der Waals surface area contributed by atoms with Gasteiger partial charge in [0.2, 0.25) is 0 Å². The second kappa shape index (κ2) is 8.16. The van der Waals surface area contributed by atoms with E-state index >= 15 is 0 Å². The van der Waals surface area contributed by atoms with Crippen LogP contribution in [-0.4, -0.2) is 36.9 Å². The number of benzene rings is 1. The van der Waals surface area contributed by atoms with Gasteiger partial charge in [-0.15, -0.1) is 0 Å². The van der Waals surface area contributed by atoms with E-state index in [9.17, 15) is 9.59 Å². The van der Waals surface area contributed by atoms with Gasteiger partial charge in [-0.3, -0.25) is 0 Å². The summed E-state index contributed by atoms with van der Waals surface area (Å²) in [6.45, 7) is 5.48. The zero-order valence-corrected chi connectivity index (χ0v) is 11.7. The number of aryl methyl sites for hydroxylation is 1. The van der Waals surface area contributed by atoms with Crippen LogP contribution >= 0.6 is 0 Å². The number of aromatic carboxylic acids is 1. The topological polar surface area (TPSA) is 87.7 Å². The second-order valence-corrected chi connectivity index (χ2v) is 4.27. The van der Waals surface area contributed by atoms with Crippen molar-refractivity contribution >= 4 is 17.7 Å². The Kier molecular flexibility index (Phi) is 6.52. The summed E-state index contributed by atoms with van der Waals surface area (Å²) in [5.41, 5.74) is 1.44. The maximum absolute atomic E-state index is 11.7. The molecule has 1 rings (SSSR count). The molecule has 0 unspecified atom stereocenters. The van der Waals surface area contributed by atoms with Crippen molar-refractivity contribution in [3.05, 3.63) is 29.3 Å². The molecule has 6 heteroatoms. The van der Waals surface area contributed by atoms with Gasteiger partial charge in [-0.25, -0.2) is 9.59 Å². The van der Waals surface area contributed by atoms with Gasteiger partial charge in [-0.05, 0) is 38.0 Å². The predicted molar refractivity (Wildman–Crippen MR) is 76.3 cm³/mol. The first kappa shape index (κ1) is 16.0. The fraction of sp³-hybridized carbons (Fsp3) is 0.429. The van der Waals surface area contributed by atoms with Crippen molar-refractivity contribution < 1.29 is 19.4 Å². The zero-order chi connectivity index (χ0) is 15.0. The highest BCUT2D eigenvalue weighted by molar-refractivity contribution is 5.93. The highest BCUT2D eigenvalue weighted by Gasteiger charge is 2.08. The van der Waals surface area contributed by atoms with E-state index in [0.29, 0.717) is 25.4 Å². The van der Waals surface area contributed by atoms with E-state index in [1.165, 1.54) is 12.1 Å². The Balaban J connectivity index is 2.49. The number of hydrogen-bond donors (Lipinski definition) is 3. The molecule has 2 amide bonds. The fourth-order valence-electron chi connectivity index (χ4n) is 1.58. The van der Waals surface area contributed by atoms with Crippen LogP contribution in [0.15, 0.2) is 18.2 Å². The Labute approximate surface area is 118 Å². The summed E-state index contributed by atoms with van der Waals surface area (Å²) in [7, 11) is 0. The zero-order valence-electron chi connectivity index (χ0n) is 11.7. The number of hydrogen-bond acceptors (Lipinski definition) is 3. The molecule has 0 spiro atoms. The first-order chi connectivity index (χ1) is 9.54. The second-order valence-electron chi connectivity index (χ2n) is 4.27. The van der Waals surface area contributed by atoms with Crippen LogP contribution < -0.4 is 10.6 Å². The molecule has 0 radical (unpaired) electrons. The standard InChI is InChI=1S/C14H20N2O4/c1-3-20-8-4-7-15-14(19)16-12-9-11(13(17)18)6-5-10(12)2/h5-6,9H,3-4,7-8H2,1-2H3,(H,17,18)(H2,15,16,19). The molecule has 0 aliphatic heterocycles. The Hall–Kier alpha value is -2.08. The summed E-state index contributed by atoms with van der Waals surface area (Å²) >= 11 is 0. The first-order valence-electron chi connectivity index (χ1n) is 6.51. The largest absolute Gasteiger partial charge is 0.478 e. The predicted octanol–water partition coefficient (Wildman–Crippen LogP) is 2.24. The third-order valence-corrected chi connectivity index (χ3v) is 2.69. The molecule has 0 aromatic heterocycles. The highest BCUT2D eigenvalue weighted by Crippen LogP contribution is 2.16. The summed E-state index contributed by atoms with van der Waals surface area (Å²) in [4.78, 5) is 22.5. The summed E-state index contributed by atoms with van der Waals surface area (Å²) in [5.74, 6) is -1.02. The fourth-order valence-corrected chi connectivity index (χ4v) is 1.58. The molecule has 1 aromatic rings. The molecule has 0 fully saturated rings. The summed E-state index contributed by atoms with van der Waals surface area (Å²) < 4.78 is 5.16. The van der Waals surface area contributed by atoms with Crippen LogP contribution in [0.4, 0.5) is 10.5 Å². The van der Waals surface area contributed by atoms with Gasteiger partial charge in [0.25, 0.3) is 0 Å². The van der Waals surface area contributed by atoms with Gasteiger partial charge in [0.15, 0.2) is 0 Å². The number of carbonyl (C=O) groups excluding carboxylic acids is 1. The van der Waals surface area contributed by atoms with Gasteiger partial charge in [0.05, 0.1) is 5.56 Å². The maximum Gasteiger partial charge on any atom is 0.335 e. The molecule has 3 N–H and O–H groups in total. The van der Waals surface area contributed by atoms with Crippen molar-refractivity contribution in [2.75, 3.05) is 25.1 Å². The van der Waals surface area contributed by atoms with Crippen molar-refractivity contribution in [2.45, 2.75) is 20.3 Å². The molecule has 20 heavy (non-hydrogen) atoms. The molecular formula is C14H20N2O4. The van der Waals surface area contributed by atoms with Crippen LogP contribution in [-0.2, 0) is 4.74 Å². The van der Waals surface area contributed by atoms with E-state index in [1.54, 1.807) is 13.0 Å². The smallest absolute Gasteiger partial charge is 0.335 e. The molecule has 110 valence electrons. The Bertz CT molecular complexity index is 474. The molecule has 0 saturated heterocycles. The molecule has 0 aliphatic rings. The quantitative estimate of drug-likeness (QED) is 0.668. The minimum atomic E-state index is -1.02. The minimum absolute atomic E-state index is 0.141. The summed E-state index contributed by atoms with van der Waals surface area (Å²) in [6, 6.07) is 4.25. The van der Waals surface area contributed by atoms with Crippen LogP contribution in [0.1, 0.15) is 29.3 Å². The van der Waals surface area contributed by atoms with Gasteiger partial charge in [-0.2, -0.15) is 0 Å². The maximum atomic E-state index is 11.7. The molecule has 0 atom stereocenters.